The molecule has 0 bridgehead atoms. The number of ether oxygens (including phenoxy) is 1. The largest absolute Gasteiger partial charge is 0.497 e. The minimum absolute atomic E-state index is 0.234. The molecular weight excluding hydrogens is 212 g/mol. The third kappa shape index (κ3) is 2.99. The van der Waals surface area contributed by atoms with Crippen molar-refractivity contribution in [3.63, 3.8) is 0 Å². The van der Waals surface area contributed by atoms with Crippen molar-refractivity contribution in [1.29, 1.82) is 0 Å². The fourth-order valence-electron chi connectivity index (χ4n) is 2.27. The maximum atomic E-state index is 5.18. The van der Waals surface area contributed by atoms with E-state index < -0.39 is 0 Å². The van der Waals surface area contributed by atoms with Crippen LogP contribution in [0.1, 0.15) is 19.4 Å². The summed E-state index contributed by atoms with van der Waals surface area (Å²) in [4.78, 5) is 2.53. The Labute approximate surface area is 104 Å². The number of hydrogen-bond donors (Lipinski definition) is 1. The quantitative estimate of drug-likeness (QED) is 0.864. The minimum atomic E-state index is 0.234. The van der Waals surface area contributed by atoms with Crippen LogP contribution >= 0.6 is 0 Å². The Balaban J connectivity index is 2.03. The summed E-state index contributed by atoms with van der Waals surface area (Å²) in [7, 11) is 1.70. The number of methoxy groups -OCH3 is 1. The molecule has 0 aliphatic carbocycles. The Morgan fingerprint density at radius 2 is 2.00 bits per heavy atom. The van der Waals surface area contributed by atoms with Gasteiger partial charge in [-0.25, -0.2) is 0 Å². The van der Waals surface area contributed by atoms with Crippen LogP contribution in [-0.2, 0) is 6.54 Å². The SMILES string of the molecule is COc1ccc(CN2CCNCC2(C)C)cc1. The van der Waals surface area contributed by atoms with E-state index in [1.807, 2.05) is 12.1 Å². The van der Waals surface area contributed by atoms with Crippen LogP contribution in [0.2, 0.25) is 0 Å². The van der Waals surface area contributed by atoms with Crippen molar-refractivity contribution < 1.29 is 4.74 Å². The van der Waals surface area contributed by atoms with E-state index >= 15 is 0 Å². The highest BCUT2D eigenvalue weighted by Crippen LogP contribution is 2.20. The molecule has 0 radical (unpaired) electrons. The third-order valence-electron chi connectivity index (χ3n) is 3.50. The van der Waals surface area contributed by atoms with Crippen molar-refractivity contribution >= 4 is 0 Å². The summed E-state index contributed by atoms with van der Waals surface area (Å²) in [5.41, 5.74) is 1.58. The van der Waals surface area contributed by atoms with Gasteiger partial charge in [0, 0.05) is 31.7 Å². The van der Waals surface area contributed by atoms with Gasteiger partial charge in [0.15, 0.2) is 0 Å². The molecule has 3 heteroatoms. The third-order valence-corrected chi connectivity index (χ3v) is 3.50. The van der Waals surface area contributed by atoms with Crippen LogP contribution in [0.5, 0.6) is 5.75 Å². The average molecular weight is 234 g/mol. The second-order valence-electron chi connectivity index (χ2n) is 5.26. The highest BCUT2D eigenvalue weighted by Gasteiger charge is 2.29. The Morgan fingerprint density at radius 1 is 1.29 bits per heavy atom. The van der Waals surface area contributed by atoms with Crippen molar-refractivity contribution in [2.24, 2.45) is 0 Å². The fraction of sp³-hybridized carbons (Fsp3) is 0.571. The summed E-state index contributed by atoms with van der Waals surface area (Å²) in [5.74, 6) is 0.924. The number of nitrogens with zero attached hydrogens (tertiary/aromatic N) is 1. The maximum Gasteiger partial charge on any atom is 0.118 e. The van der Waals surface area contributed by atoms with Gasteiger partial charge in [0.1, 0.15) is 5.75 Å². The number of rotatable bonds is 3. The lowest BCUT2D eigenvalue weighted by molar-refractivity contribution is 0.0827. The van der Waals surface area contributed by atoms with E-state index in [2.05, 4.69) is 36.2 Å². The van der Waals surface area contributed by atoms with E-state index in [4.69, 9.17) is 4.74 Å². The average Bonchev–Trinajstić information content (AvgIpc) is 2.33. The van der Waals surface area contributed by atoms with Crippen LogP contribution < -0.4 is 10.1 Å². The highest BCUT2D eigenvalue weighted by atomic mass is 16.5. The Morgan fingerprint density at radius 3 is 2.59 bits per heavy atom. The van der Waals surface area contributed by atoms with Crippen LogP contribution in [-0.4, -0.2) is 37.2 Å². The molecule has 0 amide bonds. The van der Waals surface area contributed by atoms with Crippen molar-refractivity contribution in [3.05, 3.63) is 29.8 Å². The normalized spacial score (nSPS) is 20.2. The second kappa shape index (κ2) is 5.07. The first kappa shape index (κ1) is 12.4. The Hall–Kier alpha value is -1.06. The van der Waals surface area contributed by atoms with E-state index in [0.29, 0.717) is 0 Å². The lowest BCUT2D eigenvalue weighted by Crippen LogP contribution is -2.57. The summed E-state index contributed by atoms with van der Waals surface area (Å²) in [6, 6.07) is 8.36. The van der Waals surface area contributed by atoms with Crippen LogP contribution in [0.15, 0.2) is 24.3 Å². The van der Waals surface area contributed by atoms with Gasteiger partial charge in [-0.15, -0.1) is 0 Å². The van der Waals surface area contributed by atoms with Crippen molar-refractivity contribution in [3.8, 4) is 5.75 Å². The van der Waals surface area contributed by atoms with Gasteiger partial charge in [0.2, 0.25) is 0 Å². The number of piperazine rings is 1. The molecule has 94 valence electrons. The van der Waals surface area contributed by atoms with Crippen LogP contribution in [0.4, 0.5) is 0 Å². The molecule has 1 aliphatic heterocycles. The molecule has 1 aliphatic rings. The molecule has 17 heavy (non-hydrogen) atoms. The summed E-state index contributed by atoms with van der Waals surface area (Å²) in [6.07, 6.45) is 0. The zero-order chi connectivity index (χ0) is 12.3. The molecule has 3 nitrogen and oxygen atoms in total. The van der Waals surface area contributed by atoms with Crippen molar-refractivity contribution in [1.82, 2.24) is 10.2 Å². The van der Waals surface area contributed by atoms with Gasteiger partial charge < -0.3 is 10.1 Å². The van der Waals surface area contributed by atoms with E-state index in [1.54, 1.807) is 7.11 Å². The molecule has 1 heterocycles. The summed E-state index contributed by atoms with van der Waals surface area (Å²) in [5, 5.41) is 3.45. The molecule has 2 rings (SSSR count). The summed E-state index contributed by atoms with van der Waals surface area (Å²) >= 11 is 0. The molecule has 0 unspecified atom stereocenters. The van der Waals surface area contributed by atoms with Gasteiger partial charge in [-0.05, 0) is 31.5 Å². The van der Waals surface area contributed by atoms with Crippen LogP contribution in [0, 0.1) is 0 Å². The van der Waals surface area contributed by atoms with Crippen molar-refractivity contribution in [2.45, 2.75) is 25.9 Å². The van der Waals surface area contributed by atoms with E-state index in [9.17, 15) is 0 Å². The molecule has 0 atom stereocenters. The number of hydrogen-bond acceptors (Lipinski definition) is 3. The van der Waals surface area contributed by atoms with Gasteiger partial charge in [-0.3, -0.25) is 4.90 Å². The fourth-order valence-corrected chi connectivity index (χ4v) is 2.27. The molecule has 1 fully saturated rings. The monoisotopic (exact) mass is 234 g/mol. The molecule has 1 N–H and O–H groups in total. The van der Waals surface area contributed by atoms with E-state index in [1.165, 1.54) is 5.56 Å². The molecular formula is C14H22N2O. The van der Waals surface area contributed by atoms with Crippen LogP contribution in [0.25, 0.3) is 0 Å². The predicted octanol–water partition coefficient (Wildman–Crippen LogP) is 1.88. The Kier molecular flexibility index (Phi) is 3.69. The lowest BCUT2D eigenvalue weighted by atomic mass is 9.99. The molecule has 0 spiro atoms. The lowest BCUT2D eigenvalue weighted by Gasteiger charge is -2.42. The molecule has 1 aromatic rings. The maximum absolute atomic E-state index is 5.18. The number of benzene rings is 1. The number of nitrogens with one attached hydrogen (secondary N) is 1. The Bertz CT molecular complexity index is 359. The zero-order valence-corrected chi connectivity index (χ0v) is 11.0. The molecule has 0 aromatic heterocycles. The first-order valence-electron chi connectivity index (χ1n) is 6.20. The first-order chi connectivity index (χ1) is 8.12. The zero-order valence-electron chi connectivity index (χ0n) is 11.0. The van der Waals surface area contributed by atoms with Crippen LogP contribution in [0.3, 0.4) is 0 Å². The van der Waals surface area contributed by atoms with E-state index in [-0.39, 0.29) is 5.54 Å². The minimum Gasteiger partial charge on any atom is -0.497 e. The topological polar surface area (TPSA) is 24.5 Å². The highest BCUT2D eigenvalue weighted by molar-refractivity contribution is 5.27. The summed E-state index contributed by atoms with van der Waals surface area (Å²) < 4.78 is 5.18. The van der Waals surface area contributed by atoms with Gasteiger partial charge in [-0.1, -0.05) is 12.1 Å². The molecule has 1 aromatic carbocycles. The molecule has 0 saturated carbocycles. The van der Waals surface area contributed by atoms with Gasteiger partial charge in [0.05, 0.1) is 7.11 Å². The smallest absolute Gasteiger partial charge is 0.118 e. The standard InChI is InChI=1S/C14H22N2O/c1-14(2)11-15-8-9-16(14)10-12-4-6-13(17-3)7-5-12/h4-7,15H,8-11H2,1-3H3. The van der Waals surface area contributed by atoms with Crippen molar-refractivity contribution in [2.75, 3.05) is 26.7 Å². The van der Waals surface area contributed by atoms with Gasteiger partial charge in [0.25, 0.3) is 0 Å². The van der Waals surface area contributed by atoms with Gasteiger partial charge >= 0.3 is 0 Å². The van der Waals surface area contributed by atoms with Gasteiger partial charge in [-0.2, -0.15) is 0 Å². The van der Waals surface area contributed by atoms with E-state index in [0.717, 1.165) is 31.9 Å². The summed E-state index contributed by atoms with van der Waals surface area (Å²) in [6.45, 7) is 8.85. The molecule has 1 saturated heterocycles. The predicted molar refractivity (Wildman–Crippen MR) is 70.4 cm³/mol. The first-order valence-corrected chi connectivity index (χ1v) is 6.20. The second-order valence-corrected chi connectivity index (χ2v) is 5.26.